The maximum atomic E-state index is 14.1. The summed E-state index contributed by atoms with van der Waals surface area (Å²) in [7, 11) is 3.08. The highest BCUT2D eigenvalue weighted by atomic mass is 32.2. The molecule has 0 aliphatic heterocycles. The Morgan fingerprint density at radius 3 is 2.36 bits per heavy atom. The van der Waals surface area contributed by atoms with E-state index in [2.05, 4.69) is 36.9 Å². The van der Waals surface area contributed by atoms with Gasteiger partial charge in [-0.05, 0) is 49.2 Å². The van der Waals surface area contributed by atoms with Crippen molar-refractivity contribution < 1.29 is 18.8 Å². The van der Waals surface area contributed by atoms with Crippen LogP contribution in [0.15, 0.2) is 71.6 Å². The van der Waals surface area contributed by atoms with Gasteiger partial charge in [0.05, 0.1) is 35.8 Å². The molecule has 0 saturated heterocycles. The lowest BCUT2D eigenvalue weighted by molar-refractivity contribution is 0.102. The number of nitriles is 1. The van der Waals surface area contributed by atoms with Gasteiger partial charge in [-0.15, -0.1) is 4.72 Å². The average molecular weight is 583 g/mol. The number of hydrogen-bond acceptors (Lipinski definition) is 7. The van der Waals surface area contributed by atoms with Gasteiger partial charge in [-0.25, -0.2) is 4.98 Å². The quantitative estimate of drug-likeness (QED) is 0.219. The Morgan fingerprint density at radius 2 is 1.74 bits per heavy atom. The zero-order valence-electron chi connectivity index (χ0n) is 24.8. The SMILES string of the molecule is CN[S+]([O-])c1cccc(NC(=O)c2c(Oc3ccc(C#N)cc3OC)nc(C(C)(C)C)c(-c3ccc(C)cc3)c2C)c1. The highest BCUT2D eigenvalue weighted by Gasteiger charge is 2.30. The van der Waals surface area contributed by atoms with Crippen molar-refractivity contribution in [3.63, 3.8) is 0 Å². The summed E-state index contributed by atoms with van der Waals surface area (Å²) in [6.07, 6.45) is 0. The minimum Gasteiger partial charge on any atom is -0.593 e. The van der Waals surface area contributed by atoms with Crippen LogP contribution in [0.3, 0.4) is 0 Å². The highest BCUT2D eigenvalue weighted by Crippen LogP contribution is 2.41. The molecule has 42 heavy (non-hydrogen) atoms. The summed E-state index contributed by atoms with van der Waals surface area (Å²) in [4.78, 5) is 19.6. The van der Waals surface area contributed by atoms with E-state index in [1.54, 1.807) is 49.5 Å². The number of methoxy groups -OCH3 is 1. The first-order chi connectivity index (χ1) is 20.0. The molecule has 0 aliphatic rings. The number of aromatic nitrogens is 1. The van der Waals surface area contributed by atoms with Gasteiger partial charge in [0.25, 0.3) is 5.91 Å². The van der Waals surface area contributed by atoms with Gasteiger partial charge >= 0.3 is 0 Å². The molecule has 1 atom stereocenters. The number of aryl methyl sites for hydroxylation is 1. The van der Waals surface area contributed by atoms with Gasteiger partial charge in [0.1, 0.15) is 5.56 Å². The summed E-state index contributed by atoms with van der Waals surface area (Å²) < 4.78 is 26.9. The van der Waals surface area contributed by atoms with Gasteiger partial charge in [-0.2, -0.15) is 5.26 Å². The lowest BCUT2D eigenvalue weighted by Gasteiger charge is -2.26. The summed E-state index contributed by atoms with van der Waals surface area (Å²) in [5.41, 5.74) is 5.05. The molecule has 4 rings (SSSR count). The Balaban J connectivity index is 1.94. The van der Waals surface area contributed by atoms with Gasteiger partial charge in [-0.1, -0.05) is 56.7 Å². The van der Waals surface area contributed by atoms with E-state index in [0.29, 0.717) is 33.2 Å². The molecule has 4 aromatic rings. The van der Waals surface area contributed by atoms with E-state index in [0.717, 1.165) is 22.4 Å². The van der Waals surface area contributed by atoms with Gasteiger partial charge < -0.3 is 19.3 Å². The minimum atomic E-state index is -1.42. The predicted octanol–water partition coefficient (Wildman–Crippen LogP) is 6.83. The molecular formula is C33H34N4O4S. The maximum absolute atomic E-state index is 14.1. The van der Waals surface area contributed by atoms with E-state index in [9.17, 15) is 14.6 Å². The number of carbonyl (C=O) groups is 1. The van der Waals surface area contributed by atoms with Gasteiger partial charge in [0.2, 0.25) is 5.88 Å². The topological polar surface area (TPSA) is 119 Å². The molecular weight excluding hydrogens is 548 g/mol. The normalized spacial score (nSPS) is 11.9. The fourth-order valence-electron chi connectivity index (χ4n) is 4.56. The molecule has 0 spiro atoms. The number of amides is 1. The van der Waals surface area contributed by atoms with Crippen molar-refractivity contribution in [3.8, 4) is 34.6 Å². The highest BCUT2D eigenvalue weighted by molar-refractivity contribution is 7.89. The summed E-state index contributed by atoms with van der Waals surface area (Å²) in [5.74, 6) is 0.307. The van der Waals surface area contributed by atoms with Crippen LogP contribution in [-0.2, 0) is 16.8 Å². The first kappa shape index (κ1) is 30.6. The fraction of sp³-hybridized carbons (Fsp3) is 0.242. The molecule has 0 fully saturated rings. The molecule has 0 bridgehead atoms. The number of anilines is 1. The van der Waals surface area contributed by atoms with E-state index in [4.69, 9.17) is 14.5 Å². The number of nitrogens with one attached hydrogen (secondary N) is 2. The van der Waals surface area contributed by atoms with E-state index in [1.165, 1.54) is 7.11 Å². The number of carbonyl (C=O) groups excluding carboxylic acids is 1. The Morgan fingerprint density at radius 1 is 1.02 bits per heavy atom. The Bertz CT molecular complexity index is 1660. The second-order valence-corrected chi connectivity index (χ2v) is 12.2. The van der Waals surface area contributed by atoms with Crippen molar-refractivity contribution in [1.82, 2.24) is 9.71 Å². The Labute approximate surface area is 250 Å². The van der Waals surface area contributed by atoms with E-state index in [1.807, 2.05) is 38.1 Å². The number of pyridine rings is 1. The van der Waals surface area contributed by atoms with Crippen molar-refractivity contribution in [2.75, 3.05) is 19.5 Å². The van der Waals surface area contributed by atoms with E-state index in [-0.39, 0.29) is 11.4 Å². The van der Waals surface area contributed by atoms with E-state index >= 15 is 0 Å². The Kier molecular flexibility index (Phi) is 9.22. The molecule has 216 valence electrons. The lowest BCUT2D eigenvalue weighted by Crippen LogP contribution is -2.22. The number of ether oxygens (including phenoxy) is 2. The lowest BCUT2D eigenvalue weighted by atomic mass is 9.83. The number of hydrogen-bond donors (Lipinski definition) is 2. The van der Waals surface area contributed by atoms with Crippen LogP contribution in [0.4, 0.5) is 5.69 Å². The van der Waals surface area contributed by atoms with E-state index < -0.39 is 22.7 Å². The van der Waals surface area contributed by atoms with Gasteiger partial charge in [-0.3, -0.25) is 4.79 Å². The first-order valence-electron chi connectivity index (χ1n) is 13.4. The molecule has 0 aliphatic carbocycles. The summed E-state index contributed by atoms with van der Waals surface area (Å²) in [6, 6.07) is 21.8. The number of benzene rings is 3. The van der Waals surface area contributed by atoms with Crippen molar-refractivity contribution in [1.29, 1.82) is 5.26 Å². The molecule has 1 unspecified atom stereocenters. The van der Waals surface area contributed by atoms with Crippen LogP contribution in [0.2, 0.25) is 0 Å². The molecule has 1 aromatic heterocycles. The van der Waals surface area contributed by atoms with Crippen LogP contribution in [-0.4, -0.2) is 29.6 Å². The molecule has 0 saturated carbocycles. The van der Waals surface area contributed by atoms with Crippen molar-refractivity contribution >= 4 is 23.0 Å². The third kappa shape index (κ3) is 6.58. The molecule has 3 aromatic carbocycles. The first-order valence-corrected chi connectivity index (χ1v) is 14.5. The van der Waals surface area contributed by atoms with Crippen LogP contribution < -0.4 is 19.5 Å². The van der Waals surface area contributed by atoms with Crippen molar-refractivity contribution in [3.05, 3.63) is 94.7 Å². The molecule has 9 heteroatoms. The second-order valence-electron chi connectivity index (χ2n) is 10.8. The van der Waals surface area contributed by atoms with Crippen molar-refractivity contribution in [2.45, 2.75) is 44.9 Å². The van der Waals surface area contributed by atoms with Crippen LogP contribution in [0.5, 0.6) is 17.4 Å². The second kappa shape index (κ2) is 12.7. The van der Waals surface area contributed by atoms with Crippen LogP contribution >= 0.6 is 0 Å². The smallest absolute Gasteiger partial charge is 0.261 e. The third-order valence-corrected chi connectivity index (χ3v) is 7.74. The van der Waals surface area contributed by atoms with Crippen LogP contribution in [0.1, 0.15) is 53.5 Å². The molecule has 1 amide bonds. The third-order valence-electron chi connectivity index (χ3n) is 6.68. The summed E-state index contributed by atoms with van der Waals surface area (Å²) in [6.45, 7) is 10.1. The maximum Gasteiger partial charge on any atom is 0.261 e. The summed E-state index contributed by atoms with van der Waals surface area (Å²) in [5, 5.41) is 12.3. The largest absolute Gasteiger partial charge is 0.593 e. The Hall–Kier alpha value is -4.36. The summed E-state index contributed by atoms with van der Waals surface area (Å²) >= 11 is -1.42. The zero-order valence-corrected chi connectivity index (χ0v) is 25.6. The standard InChI is InChI=1S/C33H34N4O4S/c1-20-11-14-23(15-12-20)28-21(2)29(31(38)36-24-9-8-10-25(18-24)42(39)35-6)32(37-30(28)33(3,4)5)41-26-16-13-22(19-34)17-27(26)40-7/h8-18,35H,1-7H3,(H,36,38). The number of rotatable bonds is 8. The van der Waals surface area contributed by atoms with Crippen molar-refractivity contribution in [2.24, 2.45) is 0 Å². The average Bonchev–Trinajstić information content (AvgIpc) is 2.97. The predicted molar refractivity (Wildman–Crippen MR) is 165 cm³/mol. The van der Waals surface area contributed by atoms with Crippen LogP contribution in [0.25, 0.3) is 11.1 Å². The monoisotopic (exact) mass is 582 g/mol. The van der Waals surface area contributed by atoms with Gasteiger partial charge in [0.15, 0.2) is 16.4 Å². The molecule has 2 N–H and O–H groups in total. The zero-order chi connectivity index (χ0) is 30.6. The molecule has 8 nitrogen and oxygen atoms in total. The molecule has 1 heterocycles. The fourth-order valence-corrected chi connectivity index (χ4v) is 5.23. The molecule has 0 radical (unpaired) electrons. The van der Waals surface area contributed by atoms with Crippen LogP contribution in [0, 0.1) is 25.2 Å². The number of nitrogens with zero attached hydrogens (tertiary/aromatic N) is 2. The van der Waals surface area contributed by atoms with Gasteiger partial charge in [0, 0.05) is 35.8 Å². The minimum absolute atomic E-state index is 0.101.